The number of nitrogens with zero attached hydrogens (tertiary/aromatic N) is 2. The van der Waals surface area contributed by atoms with Gasteiger partial charge < -0.3 is 19.7 Å². The Morgan fingerprint density at radius 1 is 0.711 bits per heavy atom. The number of hydrogen-bond acceptors (Lipinski definition) is 6. The average Bonchev–Trinajstić information content (AvgIpc) is 3.05. The summed E-state index contributed by atoms with van der Waals surface area (Å²) >= 11 is 0. The Bertz CT molecular complexity index is 888. The molecule has 38 heavy (non-hydrogen) atoms. The highest BCUT2D eigenvalue weighted by atomic mass is 16.5. The molecule has 4 bridgehead atoms. The lowest BCUT2D eigenvalue weighted by atomic mass is 9.63. The van der Waals surface area contributed by atoms with Gasteiger partial charge in [0.2, 0.25) is 0 Å². The van der Waals surface area contributed by atoms with Gasteiger partial charge in [0, 0.05) is 39.3 Å². The predicted octanol–water partition coefficient (Wildman–Crippen LogP) is 4.68. The molecule has 6 nitrogen and oxygen atoms in total. The van der Waals surface area contributed by atoms with Gasteiger partial charge in [-0.2, -0.15) is 0 Å². The molecule has 214 valence electrons. The van der Waals surface area contributed by atoms with Crippen molar-refractivity contribution in [2.45, 2.75) is 79.4 Å². The van der Waals surface area contributed by atoms with Gasteiger partial charge in [-0.1, -0.05) is 41.5 Å². The van der Waals surface area contributed by atoms with E-state index in [0.29, 0.717) is 46.6 Å². The predicted molar refractivity (Wildman–Crippen MR) is 152 cm³/mol. The quantitative estimate of drug-likeness (QED) is 0.460. The van der Waals surface area contributed by atoms with Crippen LogP contribution in [0.25, 0.3) is 0 Å². The number of ether oxygens (including phenoxy) is 2. The molecular weight excluding hydrogens is 476 g/mol. The molecule has 2 saturated carbocycles. The number of β-amino-alcohol motifs (C(OH)–C–C–N with tert-alkyl or cyclic N) is 2. The Morgan fingerprint density at radius 3 is 1.42 bits per heavy atom. The normalized spacial score (nSPS) is 35.7. The second kappa shape index (κ2) is 10.2. The maximum Gasteiger partial charge on any atom is 0.119 e. The summed E-state index contributed by atoms with van der Waals surface area (Å²) in [4.78, 5) is 4.88. The minimum atomic E-state index is -0.511. The highest BCUT2D eigenvalue weighted by molar-refractivity contribution is 5.31. The molecule has 0 aromatic heterocycles. The van der Waals surface area contributed by atoms with Crippen molar-refractivity contribution in [2.75, 3.05) is 52.5 Å². The van der Waals surface area contributed by atoms with E-state index in [1.54, 1.807) is 0 Å². The fourth-order valence-corrected chi connectivity index (χ4v) is 8.28. The van der Waals surface area contributed by atoms with E-state index in [4.69, 9.17) is 9.47 Å². The minimum absolute atomic E-state index is 0.284. The van der Waals surface area contributed by atoms with Crippen molar-refractivity contribution in [1.82, 2.24) is 9.80 Å². The molecule has 2 N–H and O–H groups in total. The second-order valence-electron chi connectivity index (χ2n) is 14.8. The van der Waals surface area contributed by atoms with Gasteiger partial charge in [-0.15, -0.1) is 0 Å². The van der Waals surface area contributed by atoms with Gasteiger partial charge in [0.05, 0.1) is 0 Å². The lowest BCUT2D eigenvalue weighted by Crippen LogP contribution is -2.54. The Kier molecular flexibility index (Phi) is 7.60. The van der Waals surface area contributed by atoms with Gasteiger partial charge in [-0.05, 0) is 83.4 Å². The van der Waals surface area contributed by atoms with E-state index in [-0.39, 0.29) is 13.2 Å². The molecular formula is C32H52N2O4. The second-order valence-corrected chi connectivity index (χ2v) is 14.8. The molecule has 0 amide bonds. The fraction of sp³-hybridized carbons (Fsp3) is 0.812. The van der Waals surface area contributed by atoms with E-state index in [2.05, 4.69) is 51.3 Å². The van der Waals surface area contributed by atoms with E-state index in [1.165, 1.54) is 25.7 Å². The van der Waals surface area contributed by atoms with Crippen LogP contribution in [-0.2, 0) is 0 Å². The molecule has 6 atom stereocenters. The highest BCUT2D eigenvalue weighted by Crippen LogP contribution is 2.59. The molecule has 4 fully saturated rings. The zero-order valence-electron chi connectivity index (χ0n) is 24.7. The van der Waals surface area contributed by atoms with Gasteiger partial charge in [0.15, 0.2) is 0 Å². The number of fused-ring (bicyclic) bond motifs is 4. The number of aliphatic hydroxyl groups is 2. The van der Waals surface area contributed by atoms with E-state index in [0.717, 1.165) is 37.7 Å². The van der Waals surface area contributed by atoms with Crippen molar-refractivity contribution in [1.29, 1.82) is 0 Å². The molecule has 0 radical (unpaired) electrons. The first-order chi connectivity index (χ1) is 17.8. The molecule has 2 aliphatic heterocycles. The lowest BCUT2D eigenvalue weighted by Gasteiger charge is -2.50. The Balaban J connectivity index is 1.02. The van der Waals surface area contributed by atoms with E-state index in [1.807, 2.05) is 24.3 Å². The monoisotopic (exact) mass is 528 g/mol. The van der Waals surface area contributed by atoms with Gasteiger partial charge in [0.25, 0.3) is 0 Å². The lowest BCUT2D eigenvalue weighted by molar-refractivity contribution is -0.0381. The zero-order valence-corrected chi connectivity index (χ0v) is 24.7. The zero-order chi connectivity index (χ0) is 27.3. The summed E-state index contributed by atoms with van der Waals surface area (Å²) in [5.74, 6) is 2.88. The number of benzene rings is 1. The van der Waals surface area contributed by atoms with Crippen LogP contribution in [0, 0.1) is 33.5 Å². The third kappa shape index (κ3) is 5.23. The molecule has 2 saturated heterocycles. The molecule has 0 unspecified atom stereocenters. The number of likely N-dealkylation sites (tertiary alicyclic amines) is 2. The van der Waals surface area contributed by atoms with Crippen LogP contribution in [0.15, 0.2) is 24.3 Å². The SMILES string of the molecule is CC1(C)[C@H]2CC[C@@]1(C)CN(C[C@H](O)COc1ccc(OC[C@H](O)CN3C[C@@H]4CC[C@@](C)(C3)C4(C)C)cc1)C2. The van der Waals surface area contributed by atoms with Gasteiger partial charge in [-0.3, -0.25) is 9.80 Å². The maximum atomic E-state index is 10.7. The summed E-state index contributed by atoms with van der Waals surface area (Å²) in [5.41, 5.74) is 1.44. The Morgan fingerprint density at radius 2 is 1.08 bits per heavy atom. The standard InChI is InChI=1S/C32H52N2O4/c1-29(2)23-11-13-31(29,5)21-33(15-23)17-25(35)19-37-27-7-9-28(10-8-27)38-20-26(36)18-34-16-24-12-14-32(6,22-34)30(24,3)4/h7-10,23-26,35-36H,11-22H2,1-6H3/t23-,24-,25-,26+,31-,32-/m0/s1. The largest absolute Gasteiger partial charge is 0.491 e. The van der Waals surface area contributed by atoms with Crippen LogP contribution >= 0.6 is 0 Å². The first-order valence-electron chi connectivity index (χ1n) is 15.0. The van der Waals surface area contributed by atoms with Crippen LogP contribution in [0.1, 0.15) is 67.2 Å². The van der Waals surface area contributed by atoms with Gasteiger partial charge in [-0.25, -0.2) is 0 Å². The summed E-state index contributed by atoms with van der Waals surface area (Å²) < 4.78 is 11.8. The molecule has 4 aliphatic rings. The van der Waals surface area contributed by atoms with Crippen molar-refractivity contribution >= 4 is 0 Å². The number of piperidine rings is 2. The molecule has 2 aliphatic carbocycles. The van der Waals surface area contributed by atoms with E-state index < -0.39 is 12.2 Å². The topological polar surface area (TPSA) is 65.4 Å². The van der Waals surface area contributed by atoms with Crippen molar-refractivity contribution < 1.29 is 19.7 Å². The summed E-state index contributed by atoms with van der Waals surface area (Å²) in [6, 6.07) is 7.52. The first-order valence-corrected chi connectivity index (χ1v) is 15.0. The first kappa shape index (κ1) is 28.2. The molecule has 2 heterocycles. The fourth-order valence-electron chi connectivity index (χ4n) is 8.28. The summed E-state index contributed by atoms with van der Waals surface area (Å²) in [6.45, 7) is 20.7. The van der Waals surface area contributed by atoms with E-state index >= 15 is 0 Å². The summed E-state index contributed by atoms with van der Waals surface area (Å²) in [7, 11) is 0. The molecule has 1 aromatic carbocycles. The third-order valence-electron chi connectivity index (χ3n) is 12.0. The molecule has 0 spiro atoms. The number of hydrogen-bond donors (Lipinski definition) is 2. The van der Waals surface area contributed by atoms with Crippen molar-refractivity contribution in [3.05, 3.63) is 24.3 Å². The van der Waals surface area contributed by atoms with Gasteiger partial charge >= 0.3 is 0 Å². The van der Waals surface area contributed by atoms with Crippen LogP contribution in [0.2, 0.25) is 0 Å². The highest BCUT2D eigenvalue weighted by Gasteiger charge is 2.56. The van der Waals surface area contributed by atoms with E-state index in [9.17, 15) is 10.2 Å². The molecule has 1 aromatic rings. The minimum Gasteiger partial charge on any atom is -0.491 e. The van der Waals surface area contributed by atoms with Crippen molar-refractivity contribution in [3.8, 4) is 11.5 Å². The average molecular weight is 529 g/mol. The van der Waals surface area contributed by atoms with Crippen LogP contribution in [0.4, 0.5) is 0 Å². The van der Waals surface area contributed by atoms with Crippen molar-refractivity contribution in [3.63, 3.8) is 0 Å². The Labute approximate surface area is 230 Å². The van der Waals surface area contributed by atoms with Crippen molar-refractivity contribution in [2.24, 2.45) is 33.5 Å². The summed E-state index contributed by atoms with van der Waals surface area (Å²) in [5, 5.41) is 21.3. The Hall–Kier alpha value is -1.34. The third-order valence-corrected chi connectivity index (χ3v) is 12.0. The van der Waals surface area contributed by atoms with Gasteiger partial charge in [0.1, 0.15) is 36.9 Å². The summed E-state index contributed by atoms with van der Waals surface area (Å²) in [6.07, 6.45) is 4.15. The molecule has 6 heteroatoms. The maximum absolute atomic E-state index is 10.7. The van der Waals surface area contributed by atoms with Crippen LogP contribution in [0.5, 0.6) is 11.5 Å². The molecule has 5 rings (SSSR count). The van der Waals surface area contributed by atoms with Crippen LogP contribution in [-0.4, -0.2) is 84.7 Å². The number of aliphatic hydroxyl groups excluding tert-OH is 2. The van der Waals surface area contributed by atoms with Crippen LogP contribution in [0.3, 0.4) is 0 Å². The van der Waals surface area contributed by atoms with Crippen LogP contribution < -0.4 is 9.47 Å². The number of rotatable bonds is 10. The smallest absolute Gasteiger partial charge is 0.119 e.